The van der Waals surface area contributed by atoms with Crippen LogP contribution in [0.25, 0.3) is 0 Å². The number of carbonyl (C=O) groups is 3. The van der Waals surface area contributed by atoms with Gasteiger partial charge in [0.1, 0.15) is 6.04 Å². The van der Waals surface area contributed by atoms with E-state index in [0.717, 1.165) is 18.8 Å². The van der Waals surface area contributed by atoms with Crippen molar-refractivity contribution in [3.8, 4) is 0 Å². The van der Waals surface area contributed by atoms with Crippen molar-refractivity contribution in [3.63, 3.8) is 0 Å². The Hall–Kier alpha value is -2.57. The Kier molecular flexibility index (Phi) is 4.92. The van der Waals surface area contributed by atoms with Crippen LogP contribution in [0.2, 0.25) is 0 Å². The van der Waals surface area contributed by atoms with Crippen molar-refractivity contribution in [3.05, 3.63) is 29.8 Å². The minimum absolute atomic E-state index is 0.129. The second kappa shape index (κ2) is 7.13. The number of amides is 3. The van der Waals surface area contributed by atoms with E-state index >= 15 is 0 Å². The monoisotopic (exact) mass is 344 g/mol. The predicted molar refractivity (Wildman–Crippen MR) is 94.2 cm³/mol. The number of hydrogen-bond donors (Lipinski definition) is 1. The second-order valence-corrected chi connectivity index (χ2v) is 6.63. The van der Waals surface area contributed by atoms with Crippen molar-refractivity contribution >= 4 is 23.4 Å². The van der Waals surface area contributed by atoms with Crippen LogP contribution >= 0.6 is 0 Å². The number of nitrogens with zero attached hydrogens (tertiary/aromatic N) is 3. The Morgan fingerprint density at radius 3 is 2.44 bits per heavy atom. The third-order valence-corrected chi connectivity index (χ3v) is 4.96. The van der Waals surface area contributed by atoms with Gasteiger partial charge in [0.2, 0.25) is 11.8 Å². The number of piperazine rings is 1. The molecule has 2 aliphatic heterocycles. The molecular weight excluding hydrogens is 320 g/mol. The zero-order chi connectivity index (χ0) is 18.0. The average Bonchev–Trinajstić information content (AvgIpc) is 3.15. The first kappa shape index (κ1) is 17.3. The van der Waals surface area contributed by atoms with Crippen molar-refractivity contribution in [1.82, 2.24) is 9.80 Å². The normalized spacial score (nSPS) is 20.7. The lowest BCUT2D eigenvalue weighted by atomic mass is 10.1. The highest BCUT2D eigenvalue weighted by Crippen LogP contribution is 2.22. The molecule has 0 saturated carbocycles. The van der Waals surface area contributed by atoms with Gasteiger partial charge in [-0.05, 0) is 31.0 Å². The maximum atomic E-state index is 12.9. The molecule has 0 aromatic heterocycles. The average molecular weight is 344 g/mol. The predicted octanol–water partition coefficient (Wildman–Crippen LogP) is 0.445. The van der Waals surface area contributed by atoms with E-state index in [1.807, 2.05) is 18.2 Å². The van der Waals surface area contributed by atoms with Crippen LogP contribution in [0.4, 0.5) is 5.69 Å². The van der Waals surface area contributed by atoms with Gasteiger partial charge in [-0.25, -0.2) is 0 Å². The van der Waals surface area contributed by atoms with Gasteiger partial charge in [0, 0.05) is 44.4 Å². The van der Waals surface area contributed by atoms with Gasteiger partial charge in [-0.2, -0.15) is 0 Å². The molecule has 1 aromatic rings. The molecule has 2 aliphatic rings. The molecule has 3 amide bonds. The van der Waals surface area contributed by atoms with E-state index < -0.39 is 11.9 Å². The van der Waals surface area contributed by atoms with Gasteiger partial charge in [-0.1, -0.05) is 6.07 Å². The maximum Gasteiger partial charge on any atom is 0.254 e. The van der Waals surface area contributed by atoms with Crippen molar-refractivity contribution in [2.75, 3.05) is 37.6 Å². The Labute approximate surface area is 147 Å². The van der Waals surface area contributed by atoms with Gasteiger partial charge in [-0.3, -0.25) is 14.4 Å². The lowest BCUT2D eigenvalue weighted by Gasteiger charge is -2.39. The first-order chi connectivity index (χ1) is 12.0. The number of benzene rings is 1. The van der Waals surface area contributed by atoms with E-state index in [1.165, 1.54) is 24.7 Å². The SMILES string of the molecule is CC(=O)N1CCN(C(=O)c2cccc(N3CCCC3)c2)C[C@@H]1C(N)=O. The number of anilines is 1. The third kappa shape index (κ3) is 3.60. The highest BCUT2D eigenvalue weighted by atomic mass is 16.2. The van der Waals surface area contributed by atoms with E-state index in [4.69, 9.17) is 5.73 Å². The van der Waals surface area contributed by atoms with E-state index in [9.17, 15) is 14.4 Å². The Morgan fingerprint density at radius 2 is 1.80 bits per heavy atom. The quantitative estimate of drug-likeness (QED) is 0.862. The lowest BCUT2D eigenvalue weighted by molar-refractivity contribution is -0.140. The first-order valence-electron chi connectivity index (χ1n) is 8.68. The highest BCUT2D eigenvalue weighted by Gasteiger charge is 2.34. The fraction of sp³-hybridized carbons (Fsp3) is 0.500. The van der Waals surface area contributed by atoms with Crippen LogP contribution in [-0.4, -0.2) is 66.3 Å². The van der Waals surface area contributed by atoms with Crippen LogP contribution in [0.1, 0.15) is 30.1 Å². The molecule has 7 heteroatoms. The van der Waals surface area contributed by atoms with Crippen LogP contribution in [0.5, 0.6) is 0 Å². The molecule has 0 bridgehead atoms. The zero-order valence-electron chi connectivity index (χ0n) is 14.5. The summed E-state index contributed by atoms with van der Waals surface area (Å²) in [5.74, 6) is -0.916. The topological polar surface area (TPSA) is 87.0 Å². The molecule has 2 fully saturated rings. The summed E-state index contributed by atoms with van der Waals surface area (Å²) >= 11 is 0. The van der Waals surface area contributed by atoms with E-state index in [-0.39, 0.29) is 18.4 Å². The molecule has 3 rings (SSSR count). The van der Waals surface area contributed by atoms with Gasteiger partial charge in [0.05, 0.1) is 6.54 Å². The van der Waals surface area contributed by atoms with Crippen LogP contribution in [-0.2, 0) is 9.59 Å². The van der Waals surface area contributed by atoms with Crippen LogP contribution in [0.15, 0.2) is 24.3 Å². The summed E-state index contributed by atoms with van der Waals surface area (Å²) in [5.41, 5.74) is 7.08. The molecule has 2 N–H and O–H groups in total. The summed E-state index contributed by atoms with van der Waals surface area (Å²) < 4.78 is 0. The smallest absolute Gasteiger partial charge is 0.254 e. The van der Waals surface area contributed by atoms with Gasteiger partial charge >= 0.3 is 0 Å². The van der Waals surface area contributed by atoms with Gasteiger partial charge < -0.3 is 20.4 Å². The summed E-state index contributed by atoms with van der Waals surface area (Å²) in [6, 6.07) is 6.83. The standard InChI is InChI=1S/C18H24N4O3/c1-13(23)22-10-9-21(12-16(22)17(19)24)18(25)14-5-4-6-15(11-14)20-7-2-3-8-20/h4-6,11,16H,2-3,7-10,12H2,1H3,(H2,19,24)/t16-/m1/s1. The summed E-state index contributed by atoms with van der Waals surface area (Å²) in [5, 5.41) is 0. The molecule has 0 spiro atoms. The summed E-state index contributed by atoms with van der Waals surface area (Å²) in [4.78, 5) is 41.5. The summed E-state index contributed by atoms with van der Waals surface area (Å²) in [6.45, 7) is 4.29. The number of nitrogens with two attached hydrogens (primary N) is 1. The molecule has 2 heterocycles. The summed E-state index contributed by atoms with van der Waals surface area (Å²) in [6.07, 6.45) is 2.34. The third-order valence-electron chi connectivity index (χ3n) is 4.96. The fourth-order valence-corrected chi connectivity index (χ4v) is 3.58. The molecule has 0 radical (unpaired) electrons. The molecular formula is C18H24N4O3. The molecule has 0 unspecified atom stereocenters. The van der Waals surface area contributed by atoms with Crippen LogP contribution < -0.4 is 10.6 Å². The molecule has 2 saturated heterocycles. The van der Waals surface area contributed by atoms with E-state index in [2.05, 4.69) is 4.90 Å². The minimum Gasteiger partial charge on any atom is -0.372 e. The highest BCUT2D eigenvalue weighted by molar-refractivity contribution is 5.96. The van der Waals surface area contributed by atoms with Gasteiger partial charge in [0.25, 0.3) is 5.91 Å². The van der Waals surface area contributed by atoms with Crippen LogP contribution in [0.3, 0.4) is 0 Å². The Balaban J connectivity index is 1.76. The molecule has 25 heavy (non-hydrogen) atoms. The van der Waals surface area contributed by atoms with E-state index in [0.29, 0.717) is 18.7 Å². The Bertz CT molecular complexity index is 685. The molecule has 0 aliphatic carbocycles. The van der Waals surface area contributed by atoms with Crippen molar-refractivity contribution in [2.45, 2.75) is 25.8 Å². The maximum absolute atomic E-state index is 12.9. The number of rotatable bonds is 3. The number of primary amides is 1. The van der Waals surface area contributed by atoms with Gasteiger partial charge in [-0.15, -0.1) is 0 Å². The number of carbonyl (C=O) groups excluding carboxylic acids is 3. The first-order valence-corrected chi connectivity index (χ1v) is 8.68. The summed E-state index contributed by atoms with van der Waals surface area (Å²) in [7, 11) is 0. The lowest BCUT2D eigenvalue weighted by Crippen LogP contribution is -2.60. The molecule has 1 atom stereocenters. The van der Waals surface area contributed by atoms with Gasteiger partial charge in [0.15, 0.2) is 0 Å². The fourth-order valence-electron chi connectivity index (χ4n) is 3.58. The van der Waals surface area contributed by atoms with Crippen molar-refractivity contribution in [2.24, 2.45) is 5.73 Å². The number of hydrogen-bond acceptors (Lipinski definition) is 4. The molecule has 1 aromatic carbocycles. The van der Waals surface area contributed by atoms with Crippen molar-refractivity contribution < 1.29 is 14.4 Å². The molecule has 7 nitrogen and oxygen atoms in total. The van der Waals surface area contributed by atoms with Crippen molar-refractivity contribution in [1.29, 1.82) is 0 Å². The largest absolute Gasteiger partial charge is 0.372 e. The van der Waals surface area contributed by atoms with Crippen LogP contribution in [0, 0.1) is 0 Å². The second-order valence-electron chi connectivity index (χ2n) is 6.63. The zero-order valence-corrected chi connectivity index (χ0v) is 14.5. The minimum atomic E-state index is -0.767. The Morgan fingerprint density at radius 1 is 1.08 bits per heavy atom. The molecule has 134 valence electrons. The van der Waals surface area contributed by atoms with E-state index in [1.54, 1.807) is 11.0 Å².